The SMILES string of the molecule is COC(=O)C1=C(C(=O)NC2CCN(C)CC2)C2C=CC1(C(Cc1ccccc1)Oc1ccccc1)O2. The van der Waals surface area contributed by atoms with Crippen LogP contribution in [0.15, 0.2) is 84.0 Å². The Morgan fingerprint density at radius 1 is 1.08 bits per heavy atom. The Morgan fingerprint density at radius 3 is 2.42 bits per heavy atom. The highest BCUT2D eigenvalue weighted by atomic mass is 16.6. The van der Waals surface area contributed by atoms with E-state index in [-0.39, 0.29) is 17.5 Å². The molecule has 3 aliphatic rings. The molecule has 2 aromatic rings. The number of fused-ring (bicyclic) bond motifs is 2. The van der Waals surface area contributed by atoms with Gasteiger partial charge in [-0.15, -0.1) is 0 Å². The van der Waals surface area contributed by atoms with Gasteiger partial charge in [-0.25, -0.2) is 4.79 Å². The van der Waals surface area contributed by atoms with Crippen molar-refractivity contribution in [3.63, 3.8) is 0 Å². The summed E-state index contributed by atoms with van der Waals surface area (Å²) < 4.78 is 18.1. The van der Waals surface area contributed by atoms with E-state index < -0.39 is 23.8 Å². The predicted molar refractivity (Wildman–Crippen MR) is 135 cm³/mol. The van der Waals surface area contributed by atoms with Gasteiger partial charge in [-0.2, -0.15) is 0 Å². The van der Waals surface area contributed by atoms with E-state index in [1.54, 1.807) is 0 Å². The van der Waals surface area contributed by atoms with Crippen LogP contribution in [0.1, 0.15) is 18.4 Å². The normalized spacial score (nSPS) is 24.6. The number of amides is 1. The Kier molecular flexibility index (Phi) is 6.94. The Labute approximate surface area is 211 Å². The second-order valence-electron chi connectivity index (χ2n) is 9.63. The number of likely N-dealkylation sites (tertiary alicyclic amines) is 1. The maximum Gasteiger partial charge on any atom is 0.337 e. The molecule has 188 valence electrons. The lowest BCUT2D eigenvalue weighted by Crippen LogP contribution is -2.49. The molecule has 2 bridgehead atoms. The number of carbonyl (C=O) groups is 2. The zero-order valence-corrected chi connectivity index (χ0v) is 20.7. The van der Waals surface area contributed by atoms with E-state index in [1.165, 1.54) is 7.11 Å². The average molecular weight is 489 g/mol. The van der Waals surface area contributed by atoms with Crippen LogP contribution in [-0.2, 0) is 25.5 Å². The first-order valence-corrected chi connectivity index (χ1v) is 12.5. The molecule has 1 N–H and O–H groups in total. The summed E-state index contributed by atoms with van der Waals surface area (Å²) in [5.74, 6) is -0.203. The van der Waals surface area contributed by atoms with Gasteiger partial charge < -0.3 is 24.4 Å². The van der Waals surface area contributed by atoms with Gasteiger partial charge in [-0.1, -0.05) is 54.6 Å². The first kappa shape index (κ1) is 24.3. The highest BCUT2D eigenvalue weighted by molar-refractivity contribution is 6.07. The number of para-hydroxylation sites is 1. The molecule has 3 unspecified atom stereocenters. The average Bonchev–Trinajstić information content (AvgIpc) is 3.49. The third kappa shape index (κ3) is 4.68. The topological polar surface area (TPSA) is 77.1 Å². The molecule has 0 spiro atoms. The number of carbonyl (C=O) groups excluding carboxylic acids is 2. The molecule has 7 heteroatoms. The molecule has 5 rings (SSSR count). The lowest BCUT2D eigenvalue weighted by molar-refractivity contribution is -0.139. The van der Waals surface area contributed by atoms with Crippen LogP contribution < -0.4 is 10.1 Å². The number of nitrogens with zero attached hydrogens (tertiary/aromatic N) is 1. The van der Waals surface area contributed by atoms with Gasteiger partial charge in [0.25, 0.3) is 5.91 Å². The number of hydrogen-bond donors (Lipinski definition) is 1. The summed E-state index contributed by atoms with van der Waals surface area (Å²) in [4.78, 5) is 29.0. The van der Waals surface area contributed by atoms with Gasteiger partial charge in [-0.3, -0.25) is 4.79 Å². The minimum Gasteiger partial charge on any atom is -0.486 e. The monoisotopic (exact) mass is 488 g/mol. The lowest BCUT2D eigenvalue weighted by atomic mass is 9.80. The Morgan fingerprint density at radius 2 is 1.75 bits per heavy atom. The fraction of sp³-hybridized carbons (Fsp3) is 0.379. The van der Waals surface area contributed by atoms with Crippen molar-refractivity contribution in [2.24, 2.45) is 0 Å². The van der Waals surface area contributed by atoms with Crippen LogP contribution in [0.2, 0.25) is 0 Å². The van der Waals surface area contributed by atoms with Crippen LogP contribution in [0.4, 0.5) is 0 Å². The third-order valence-corrected chi connectivity index (χ3v) is 7.24. The van der Waals surface area contributed by atoms with Crippen molar-refractivity contribution >= 4 is 11.9 Å². The van der Waals surface area contributed by atoms with Crippen molar-refractivity contribution in [3.8, 4) is 5.75 Å². The van der Waals surface area contributed by atoms with Crippen LogP contribution >= 0.6 is 0 Å². The lowest BCUT2D eigenvalue weighted by Gasteiger charge is -2.35. The number of piperidine rings is 1. The van der Waals surface area contributed by atoms with E-state index in [4.69, 9.17) is 14.2 Å². The standard InChI is InChI=1S/C29H32N2O5/c1-31-17-14-21(15-18-31)30-27(32)25-23-13-16-29(36-23,26(25)28(33)34-2)24(19-20-9-5-3-6-10-20)35-22-11-7-4-8-12-22/h3-13,16,21,23-24H,14-15,17-19H2,1-2H3,(H,30,32). The molecule has 7 nitrogen and oxygen atoms in total. The summed E-state index contributed by atoms with van der Waals surface area (Å²) in [5.41, 5.74) is 0.322. The second kappa shape index (κ2) is 10.3. The molecule has 3 aliphatic heterocycles. The number of benzene rings is 2. The minimum absolute atomic E-state index is 0.0554. The van der Waals surface area contributed by atoms with Gasteiger partial charge in [0.1, 0.15) is 18.0 Å². The molecule has 1 fully saturated rings. The summed E-state index contributed by atoms with van der Waals surface area (Å²) >= 11 is 0. The molecule has 2 aromatic carbocycles. The maximum absolute atomic E-state index is 13.6. The van der Waals surface area contributed by atoms with Crippen LogP contribution in [0.25, 0.3) is 0 Å². The van der Waals surface area contributed by atoms with Crippen molar-refractivity contribution in [2.75, 3.05) is 27.2 Å². The van der Waals surface area contributed by atoms with Gasteiger partial charge in [-0.05, 0) is 56.8 Å². The van der Waals surface area contributed by atoms with Gasteiger partial charge >= 0.3 is 5.97 Å². The van der Waals surface area contributed by atoms with Gasteiger partial charge in [0.15, 0.2) is 5.60 Å². The third-order valence-electron chi connectivity index (χ3n) is 7.24. The zero-order chi connectivity index (χ0) is 25.1. The van der Waals surface area contributed by atoms with E-state index in [2.05, 4.69) is 17.3 Å². The Balaban J connectivity index is 1.51. The fourth-order valence-corrected chi connectivity index (χ4v) is 5.32. The minimum atomic E-state index is -1.25. The van der Waals surface area contributed by atoms with Crippen molar-refractivity contribution in [1.29, 1.82) is 0 Å². The predicted octanol–water partition coefficient (Wildman–Crippen LogP) is 3.06. The Hall–Kier alpha value is -3.42. The molecule has 1 saturated heterocycles. The summed E-state index contributed by atoms with van der Waals surface area (Å²) in [5, 5.41) is 3.14. The van der Waals surface area contributed by atoms with Crippen LogP contribution in [0.3, 0.4) is 0 Å². The number of ether oxygens (including phenoxy) is 3. The van der Waals surface area contributed by atoms with Gasteiger partial charge in [0, 0.05) is 12.5 Å². The first-order chi connectivity index (χ1) is 17.5. The number of esters is 1. The molecular weight excluding hydrogens is 456 g/mol. The fourth-order valence-electron chi connectivity index (χ4n) is 5.32. The summed E-state index contributed by atoms with van der Waals surface area (Å²) in [7, 11) is 3.41. The van der Waals surface area contributed by atoms with Crippen molar-refractivity contribution in [1.82, 2.24) is 10.2 Å². The molecule has 36 heavy (non-hydrogen) atoms. The van der Waals surface area contributed by atoms with E-state index in [0.29, 0.717) is 17.7 Å². The molecule has 3 heterocycles. The summed E-state index contributed by atoms with van der Waals surface area (Å²) in [6.45, 7) is 1.84. The zero-order valence-electron chi connectivity index (χ0n) is 20.7. The molecule has 3 atom stereocenters. The quantitative estimate of drug-likeness (QED) is 0.455. The van der Waals surface area contributed by atoms with Gasteiger partial charge in [0.05, 0.1) is 18.3 Å². The molecule has 1 amide bonds. The second-order valence-corrected chi connectivity index (χ2v) is 9.63. The van der Waals surface area contributed by atoms with Crippen LogP contribution in [0.5, 0.6) is 5.75 Å². The molecular formula is C29H32N2O5. The molecule has 0 saturated carbocycles. The van der Waals surface area contributed by atoms with Crippen LogP contribution in [0, 0.1) is 0 Å². The van der Waals surface area contributed by atoms with E-state index in [0.717, 1.165) is 31.5 Å². The smallest absolute Gasteiger partial charge is 0.337 e. The van der Waals surface area contributed by atoms with E-state index in [9.17, 15) is 9.59 Å². The maximum atomic E-state index is 13.6. The highest BCUT2D eigenvalue weighted by Gasteiger charge is 2.59. The van der Waals surface area contributed by atoms with Crippen molar-refractivity contribution in [3.05, 3.63) is 89.5 Å². The van der Waals surface area contributed by atoms with E-state index in [1.807, 2.05) is 72.8 Å². The summed E-state index contributed by atoms with van der Waals surface area (Å²) in [6, 6.07) is 19.4. The number of methoxy groups -OCH3 is 1. The molecule has 0 aromatic heterocycles. The van der Waals surface area contributed by atoms with E-state index >= 15 is 0 Å². The largest absolute Gasteiger partial charge is 0.486 e. The molecule has 0 radical (unpaired) electrons. The van der Waals surface area contributed by atoms with Gasteiger partial charge in [0.2, 0.25) is 0 Å². The highest BCUT2D eigenvalue weighted by Crippen LogP contribution is 2.47. The number of nitrogens with one attached hydrogen (secondary N) is 1. The summed E-state index contributed by atoms with van der Waals surface area (Å²) in [6.07, 6.45) is 4.66. The number of hydrogen-bond acceptors (Lipinski definition) is 6. The number of rotatable bonds is 8. The van der Waals surface area contributed by atoms with Crippen molar-refractivity contribution in [2.45, 2.75) is 43.1 Å². The Bertz CT molecular complexity index is 1110. The van der Waals surface area contributed by atoms with Crippen molar-refractivity contribution < 1.29 is 23.8 Å². The molecule has 0 aliphatic carbocycles. The van der Waals surface area contributed by atoms with Crippen LogP contribution in [-0.4, -0.2) is 67.9 Å². The first-order valence-electron chi connectivity index (χ1n) is 12.5.